The molecule has 0 aromatic rings. The summed E-state index contributed by atoms with van der Waals surface area (Å²) in [5.74, 6) is -0.921. The van der Waals surface area contributed by atoms with E-state index in [1.165, 1.54) is 9.80 Å². The fourth-order valence-corrected chi connectivity index (χ4v) is 2.23. The van der Waals surface area contributed by atoms with Crippen LogP contribution in [0, 0.1) is 0 Å². The van der Waals surface area contributed by atoms with Crippen LogP contribution in [0.5, 0.6) is 0 Å². The maximum absolute atomic E-state index is 12.2. The number of carboxylic acid groups (broad SMARTS) is 1. The molecular formula is C11H20N2O5. The summed E-state index contributed by atoms with van der Waals surface area (Å²) in [6, 6.07) is -0.586. The zero-order valence-corrected chi connectivity index (χ0v) is 10.3. The second-order valence-electron chi connectivity index (χ2n) is 4.30. The summed E-state index contributed by atoms with van der Waals surface area (Å²) in [4.78, 5) is 25.7. The molecule has 1 aliphatic heterocycles. The first-order chi connectivity index (χ1) is 8.60. The SMILES string of the molecule is O=C(O)CC1CCCN1C(=O)N(CCO)CCO. The van der Waals surface area contributed by atoms with Crippen molar-refractivity contribution < 1.29 is 24.9 Å². The number of urea groups is 1. The molecule has 1 rings (SSSR count). The van der Waals surface area contributed by atoms with Gasteiger partial charge >= 0.3 is 12.0 Å². The Bertz CT molecular complexity index is 291. The van der Waals surface area contributed by atoms with Crippen molar-refractivity contribution in [1.82, 2.24) is 9.80 Å². The highest BCUT2D eigenvalue weighted by Gasteiger charge is 2.32. The molecule has 1 atom stereocenters. The van der Waals surface area contributed by atoms with Crippen molar-refractivity contribution in [2.45, 2.75) is 25.3 Å². The largest absolute Gasteiger partial charge is 0.481 e. The number of carbonyl (C=O) groups is 2. The van der Waals surface area contributed by atoms with Gasteiger partial charge in [-0.25, -0.2) is 4.79 Å². The van der Waals surface area contributed by atoms with Crippen LogP contribution in [0.3, 0.4) is 0 Å². The minimum atomic E-state index is -0.921. The van der Waals surface area contributed by atoms with Gasteiger partial charge in [0.15, 0.2) is 0 Å². The lowest BCUT2D eigenvalue weighted by Crippen LogP contribution is -2.47. The van der Waals surface area contributed by atoms with E-state index in [1.807, 2.05) is 0 Å². The number of hydrogen-bond acceptors (Lipinski definition) is 4. The molecule has 0 aromatic carbocycles. The predicted octanol–water partition coefficient (Wildman–Crippen LogP) is -0.668. The Kier molecular flexibility index (Phi) is 5.87. The van der Waals surface area contributed by atoms with Gasteiger partial charge in [0.1, 0.15) is 0 Å². The van der Waals surface area contributed by atoms with Gasteiger partial charge in [-0.2, -0.15) is 0 Å². The van der Waals surface area contributed by atoms with Crippen LogP contribution in [0.4, 0.5) is 4.79 Å². The first-order valence-corrected chi connectivity index (χ1v) is 6.09. The van der Waals surface area contributed by atoms with E-state index in [-0.39, 0.29) is 44.8 Å². The maximum atomic E-state index is 12.2. The Morgan fingerprint density at radius 1 is 1.22 bits per heavy atom. The molecule has 0 aromatic heterocycles. The molecule has 0 radical (unpaired) electrons. The highest BCUT2D eigenvalue weighted by atomic mass is 16.4. The van der Waals surface area contributed by atoms with Crippen LogP contribution < -0.4 is 0 Å². The summed E-state index contributed by atoms with van der Waals surface area (Å²) < 4.78 is 0. The highest BCUT2D eigenvalue weighted by Crippen LogP contribution is 2.21. The van der Waals surface area contributed by atoms with Gasteiger partial charge in [-0.3, -0.25) is 4.79 Å². The number of aliphatic carboxylic acids is 1. The average molecular weight is 260 g/mol. The lowest BCUT2D eigenvalue weighted by Gasteiger charge is -2.30. The third-order valence-electron chi connectivity index (χ3n) is 3.04. The van der Waals surface area contributed by atoms with E-state index in [1.54, 1.807) is 0 Å². The number of aliphatic hydroxyl groups excluding tert-OH is 2. The number of nitrogens with zero attached hydrogens (tertiary/aromatic N) is 2. The quantitative estimate of drug-likeness (QED) is 0.588. The third kappa shape index (κ3) is 3.85. The summed E-state index contributed by atoms with van der Waals surface area (Å²) in [6.45, 7) is 0.474. The van der Waals surface area contributed by atoms with E-state index in [0.29, 0.717) is 13.0 Å². The molecule has 1 fully saturated rings. The molecular weight excluding hydrogens is 240 g/mol. The normalized spacial score (nSPS) is 19.0. The van der Waals surface area contributed by atoms with E-state index in [2.05, 4.69) is 0 Å². The molecule has 0 saturated carbocycles. The van der Waals surface area contributed by atoms with Crippen LogP contribution >= 0.6 is 0 Å². The standard InChI is InChI=1S/C11H20N2O5/c14-6-4-12(5-7-15)11(18)13-3-1-2-9(13)8-10(16)17/h9,14-15H,1-8H2,(H,16,17). The summed E-state index contributed by atoms with van der Waals surface area (Å²) >= 11 is 0. The molecule has 1 unspecified atom stereocenters. The second kappa shape index (κ2) is 7.17. The number of likely N-dealkylation sites (tertiary alicyclic amines) is 1. The summed E-state index contributed by atoms with van der Waals surface area (Å²) in [7, 11) is 0. The number of rotatable bonds is 6. The van der Waals surface area contributed by atoms with Crippen molar-refractivity contribution in [3.8, 4) is 0 Å². The fraction of sp³-hybridized carbons (Fsp3) is 0.818. The Balaban J connectivity index is 2.64. The van der Waals surface area contributed by atoms with Crippen molar-refractivity contribution in [1.29, 1.82) is 0 Å². The monoisotopic (exact) mass is 260 g/mol. The minimum absolute atomic E-state index is 0.0577. The van der Waals surface area contributed by atoms with Crippen LogP contribution in [0.15, 0.2) is 0 Å². The van der Waals surface area contributed by atoms with Gasteiger partial charge in [-0.05, 0) is 12.8 Å². The smallest absolute Gasteiger partial charge is 0.320 e. The van der Waals surface area contributed by atoms with Crippen LogP contribution in [0.25, 0.3) is 0 Å². The summed E-state index contributed by atoms with van der Waals surface area (Å²) in [6.07, 6.45) is 1.41. The predicted molar refractivity (Wildman–Crippen MR) is 63.1 cm³/mol. The molecule has 3 N–H and O–H groups in total. The fourth-order valence-electron chi connectivity index (χ4n) is 2.23. The van der Waals surface area contributed by atoms with Gasteiger partial charge in [0, 0.05) is 25.7 Å². The maximum Gasteiger partial charge on any atom is 0.320 e. The Labute approximate surface area is 106 Å². The van der Waals surface area contributed by atoms with Crippen LogP contribution in [0.1, 0.15) is 19.3 Å². The lowest BCUT2D eigenvalue weighted by atomic mass is 10.1. The van der Waals surface area contributed by atoms with Crippen molar-refractivity contribution in [3.05, 3.63) is 0 Å². The molecule has 1 aliphatic rings. The highest BCUT2D eigenvalue weighted by molar-refractivity contribution is 5.76. The number of hydrogen-bond donors (Lipinski definition) is 3. The molecule has 7 nitrogen and oxygen atoms in total. The van der Waals surface area contributed by atoms with Gasteiger partial charge in [0.05, 0.1) is 19.6 Å². The first-order valence-electron chi connectivity index (χ1n) is 6.09. The molecule has 104 valence electrons. The van der Waals surface area contributed by atoms with Crippen LogP contribution in [0.2, 0.25) is 0 Å². The van der Waals surface area contributed by atoms with Crippen LogP contribution in [-0.2, 0) is 4.79 Å². The zero-order chi connectivity index (χ0) is 13.5. The van der Waals surface area contributed by atoms with Crippen molar-refractivity contribution >= 4 is 12.0 Å². The summed E-state index contributed by atoms with van der Waals surface area (Å²) in [5.41, 5.74) is 0. The molecule has 0 bridgehead atoms. The van der Waals surface area contributed by atoms with Gasteiger partial charge in [0.2, 0.25) is 0 Å². The topological polar surface area (TPSA) is 101 Å². The lowest BCUT2D eigenvalue weighted by molar-refractivity contribution is -0.138. The molecule has 1 saturated heterocycles. The number of amides is 2. The third-order valence-corrected chi connectivity index (χ3v) is 3.04. The number of carboxylic acids is 1. The van der Waals surface area contributed by atoms with E-state index in [4.69, 9.17) is 15.3 Å². The molecule has 2 amide bonds. The van der Waals surface area contributed by atoms with E-state index < -0.39 is 5.97 Å². The van der Waals surface area contributed by atoms with Crippen molar-refractivity contribution in [3.63, 3.8) is 0 Å². The zero-order valence-electron chi connectivity index (χ0n) is 10.3. The van der Waals surface area contributed by atoms with Gasteiger partial charge in [-0.1, -0.05) is 0 Å². The Morgan fingerprint density at radius 3 is 2.33 bits per heavy atom. The van der Waals surface area contributed by atoms with E-state index in [9.17, 15) is 9.59 Å². The Morgan fingerprint density at radius 2 is 1.83 bits per heavy atom. The Hall–Kier alpha value is -1.34. The van der Waals surface area contributed by atoms with Gasteiger partial charge in [0.25, 0.3) is 0 Å². The minimum Gasteiger partial charge on any atom is -0.481 e. The average Bonchev–Trinajstić information content (AvgIpc) is 2.75. The molecule has 18 heavy (non-hydrogen) atoms. The first kappa shape index (κ1) is 14.7. The van der Waals surface area contributed by atoms with E-state index >= 15 is 0 Å². The molecule has 0 aliphatic carbocycles. The van der Waals surface area contributed by atoms with Gasteiger partial charge in [-0.15, -0.1) is 0 Å². The van der Waals surface area contributed by atoms with Gasteiger partial charge < -0.3 is 25.1 Å². The van der Waals surface area contributed by atoms with Crippen molar-refractivity contribution in [2.75, 3.05) is 32.8 Å². The molecule has 0 spiro atoms. The number of aliphatic hydroxyl groups is 2. The van der Waals surface area contributed by atoms with E-state index in [0.717, 1.165) is 6.42 Å². The second-order valence-corrected chi connectivity index (χ2v) is 4.30. The van der Waals surface area contributed by atoms with Crippen LogP contribution in [-0.4, -0.2) is 76.0 Å². The molecule has 7 heteroatoms. The molecule has 1 heterocycles. The summed E-state index contributed by atoms with van der Waals surface area (Å²) in [5, 5.41) is 26.5. The van der Waals surface area contributed by atoms with Crippen molar-refractivity contribution in [2.24, 2.45) is 0 Å². The number of carbonyl (C=O) groups excluding carboxylic acids is 1.